The smallest absolute Gasteiger partial charge is 0.189 e. The van der Waals surface area contributed by atoms with Crippen LogP contribution in [0.5, 0.6) is 11.5 Å². The van der Waals surface area contributed by atoms with E-state index < -0.39 is 0 Å². The number of aromatic nitrogens is 2. The Bertz CT molecular complexity index is 721. The van der Waals surface area contributed by atoms with Crippen LogP contribution >= 0.6 is 11.8 Å². The highest BCUT2D eigenvalue weighted by Gasteiger charge is 2.21. The molecule has 0 fully saturated rings. The number of fused-ring (bicyclic) bond motifs is 1. The van der Waals surface area contributed by atoms with Gasteiger partial charge in [-0.25, -0.2) is 9.97 Å². The van der Waals surface area contributed by atoms with Gasteiger partial charge in [-0.1, -0.05) is 11.8 Å². The van der Waals surface area contributed by atoms with Crippen molar-refractivity contribution in [1.29, 1.82) is 0 Å². The second-order valence-corrected chi connectivity index (χ2v) is 6.28. The topological polar surface area (TPSA) is 47.5 Å². The number of ether oxygens (including phenoxy) is 2. The second-order valence-electron chi connectivity index (χ2n) is 5.50. The highest BCUT2D eigenvalue weighted by Crippen LogP contribution is 2.34. The highest BCUT2D eigenvalue weighted by atomic mass is 32.2. The van der Waals surface area contributed by atoms with E-state index in [4.69, 9.17) is 9.47 Å². The van der Waals surface area contributed by atoms with E-state index in [1.165, 1.54) is 11.1 Å². The van der Waals surface area contributed by atoms with Crippen molar-refractivity contribution in [2.24, 2.45) is 0 Å². The standard InChI is InChI=1S/C17H21N3O2S/c1-11-7-16(19-17(18-11)23-4)20-6-5-12-8-14(21-2)15(22-3)9-13(12)10-20/h7-9H,5-6,10H2,1-4H3. The molecule has 0 saturated carbocycles. The number of benzene rings is 1. The summed E-state index contributed by atoms with van der Waals surface area (Å²) in [6.07, 6.45) is 2.97. The summed E-state index contributed by atoms with van der Waals surface area (Å²) in [6, 6.07) is 6.21. The number of anilines is 1. The Balaban J connectivity index is 1.92. The number of hydrogen-bond acceptors (Lipinski definition) is 6. The molecule has 0 amide bonds. The predicted octanol–water partition coefficient (Wildman–Crippen LogP) is 3.09. The zero-order chi connectivity index (χ0) is 16.4. The van der Waals surface area contributed by atoms with Crippen LogP contribution in [0.3, 0.4) is 0 Å². The van der Waals surface area contributed by atoms with Crippen LogP contribution in [0.1, 0.15) is 16.8 Å². The van der Waals surface area contributed by atoms with Gasteiger partial charge in [0.05, 0.1) is 14.2 Å². The van der Waals surface area contributed by atoms with E-state index >= 15 is 0 Å². The van der Waals surface area contributed by atoms with Gasteiger partial charge in [-0.2, -0.15) is 0 Å². The molecule has 1 aliphatic heterocycles. The molecule has 0 aliphatic carbocycles. The summed E-state index contributed by atoms with van der Waals surface area (Å²) >= 11 is 1.57. The minimum Gasteiger partial charge on any atom is -0.493 e. The lowest BCUT2D eigenvalue weighted by atomic mass is 9.99. The summed E-state index contributed by atoms with van der Waals surface area (Å²) in [4.78, 5) is 11.4. The van der Waals surface area contributed by atoms with Crippen LogP contribution < -0.4 is 14.4 Å². The minimum atomic E-state index is 0.775. The number of rotatable bonds is 4. The average molecular weight is 331 g/mol. The van der Waals surface area contributed by atoms with Crippen molar-refractivity contribution < 1.29 is 9.47 Å². The van der Waals surface area contributed by atoms with Crippen molar-refractivity contribution in [2.75, 3.05) is 31.9 Å². The summed E-state index contributed by atoms with van der Waals surface area (Å²) in [6.45, 7) is 3.77. The van der Waals surface area contributed by atoms with E-state index in [-0.39, 0.29) is 0 Å². The Hall–Kier alpha value is -1.95. The van der Waals surface area contributed by atoms with E-state index in [9.17, 15) is 0 Å². The summed E-state index contributed by atoms with van der Waals surface area (Å²) in [5.74, 6) is 2.56. The molecule has 1 aliphatic rings. The van der Waals surface area contributed by atoms with Gasteiger partial charge in [0.25, 0.3) is 0 Å². The quantitative estimate of drug-likeness (QED) is 0.634. The first-order valence-corrected chi connectivity index (χ1v) is 8.75. The maximum atomic E-state index is 5.43. The van der Waals surface area contributed by atoms with Crippen molar-refractivity contribution in [3.05, 3.63) is 35.0 Å². The van der Waals surface area contributed by atoms with Crippen LogP contribution in [0.25, 0.3) is 0 Å². The molecule has 6 heteroatoms. The predicted molar refractivity (Wildman–Crippen MR) is 92.9 cm³/mol. The van der Waals surface area contributed by atoms with Gasteiger partial charge in [-0.05, 0) is 42.9 Å². The van der Waals surface area contributed by atoms with Crippen LogP contribution in [0.2, 0.25) is 0 Å². The van der Waals surface area contributed by atoms with Crippen molar-refractivity contribution in [3.8, 4) is 11.5 Å². The van der Waals surface area contributed by atoms with Crippen molar-refractivity contribution in [2.45, 2.75) is 25.0 Å². The molecule has 3 rings (SSSR count). The first-order valence-electron chi connectivity index (χ1n) is 7.53. The summed E-state index contributed by atoms with van der Waals surface area (Å²) in [5.41, 5.74) is 3.57. The maximum absolute atomic E-state index is 5.43. The molecular weight excluding hydrogens is 310 g/mol. The second kappa shape index (κ2) is 6.66. The molecule has 0 bridgehead atoms. The zero-order valence-electron chi connectivity index (χ0n) is 13.9. The third-order valence-corrected chi connectivity index (χ3v) is 4.59. The van der Waals surface area contributed by atoms with Gasteiger partial charge in [0.1, 0.15) is 5.82 Å². The van der Waals surface area contributed by atoms with Gasteiger partial charge >= 0.3 is 0 Å². The number of thioether (sulfide) groups is 1. The number of methoxy groups -OCH3 is 2. The van der Waals surface area contributed by atoms with Gasteiger partial charge in [0, 0.05) is 24.8 Å². The molecule has 122 valence electrons. The lowest BCUT2D eigenvalue weighted by Crippen LogP contribution is -2.31. The molecule has 0 saturated heterocycles. The first-order chi connectivity index (χ1) is 11.1. The number of hydrogen-bond donors (Lipinski definition) is 0. The molecule has 5 nitrogen and oxygen atoms in total. The lowest BCUT2D eigenvalue weighted by molar-refractivity contribution is 0.353. The Labute approximate surface area is 141 Å². The molecule has 1 aromatic heterocycles. The summed E-state index contributed by atoms with van der Waals surface area (Å²) in [5, 5.41) is 0.818. The van der Waals surface area contributed by atoms with Crippen molar-refractivity contribution >= 4 is 17.6 Å². The molecule has 0 spiro atoms. The Morgan fingerprint density at radius 1 is 1.04 bits per heavy atom. The molecule has 0 atom stereocenters. The van der Waals surface area contributed by atoms with Crippen LogP contribution in [0, 0.1) is 6.92 Å². The van der Waals surface area contributed by atoms with Gasteiger partial charge in [0.15, 0.2) is 16.7 Å². The largest absolute Gasteiger partial charge is 0.493 e. The number of aryl methyl sites for hydroxylation is 1. The zero-order valence-corrected chi connectivity index (χ0v) is 14.7. The molecule has 1 aromatic carbocycles. The molecule has 0 unspecified atom stereocenters. The van der Waals surface area contributed by atoms with Gasteiger partial charge in [0.2, 0.25) is 0 Å². The van der Waals surface area contributed by atoms with Crippen LogP contribution in [0.15, 0.2) is 23.4 Å². The summed E-state index contributed by atoms with van der Waals surface area (Å²) in [7, 11) is 3.34. The highest BCUT2D eigenvalue weighted by molar-refractivity contribution is 7.98. The maximum Gasteiger partial charge on any atom is 0.189 e. The average Bonchev–Trinajstić information content (AvgIpc) is 2.59. The van der Waals surface area contributed by atoms with E-state index in [0.717, 1.165) is 47.7 Å². The fraction of sp³-hybridized carbons (Fsp3) is 0.412. The SMILES string of the molecule is COc1cc2c(cc1OC)CN(c1cc(C)nc(SC)n1)CC2. The van der Waals surface area contributed by atoms with E-state index in [0.29, 0.717) is 0 Å². The van der Waals surface area contributed by atoms with Crippen LogP contribution in [0.4, 0.5) is 5.82 Å². The molecule has 0 radical (unpaired) electrons. The number of nitrogens with zero attached hydrogens (tertiary/aromatic N) is 3. The van der Waals surface area contributed by atoms with Crippen LogP contribution in [-0.4, -0.2) is 37.0 Å². The van der Waals surface area contributed by atoms with E-state index in [1.807, 2.05) is 19.2 Å². The van der Waals surface area contributed by atoms with E-state index in [1.54, 1.807) is 26.0 Å². The molecule has 23 heavy (non-hydrogen) atoms. The minimum absolute atomic E-state index is 0.775. The molecule has 0 N–H and O–H groups in total. The van der Waals surface area contributed by atoms with Crippen LogP contribution in [-0.2, 0) is 13.0 Å². The van der Waals surface area contributed by atoms with Gasteiger partial charge < -0.3 is 14.4 Å². The normalized spacial score (nSPS) is 13.7. The Morgan fingerprint density at radius 2 is 1.74 bits per heavy atom. The fourth-order valence-electron chi connectivity index (χ4n) is 2.86. The molecule has 2 heterocycles. The van der Waals surface area contributed by atoms with Crippen molar-refractivity contribution in [3.63, 3.8) is 0 Å². The van der Waals surface area contributed by atoms with Gasteiger partial charge in [-0.3, -0.25) is 0 Å². The lowest BCUT2D eigenvalue weighted by Gasteiger charge is -2.30. The molecular formula is C17H21N3O2S. The molecule has 2 aromatic rings. The van der Waals surface area contributed by atoms with E-state index in [2.05, 4.69) is 27.0 Å². The third kappa shape index (κ3) is 3.22. The third-order valence-electron chi connectivity index (χ3n) is 4.04. The summed E-state index contributed by atoms with van der Waals surface area (Å²) < 4.78 is 10.8. The first kappa shape index (κ1) is 15.9. The van der Waals surface area contributed by atoms with Gasteiger partial charge in [-0.15, -0.1) is 0 Å². The fourth-order valence-corrected chi connectivity index (χ4v) is 3.28. The van der Waals surface area contributed by atoms with Crippen molar-refractivity contribution in [1.82, 2.24) is 9.97 Å². The monoisotopic (exact) mass is 331 g/mol. The Morgan fingerprint density at radius 3 is 2.39 bits per heavy atom. The Kier molecular flexibility index (Phi) is 4.61.